The van der Waals surface area contributed by atoms with Gasteiger partial charge in [-0.15, -0.1) is 0 Å². The van der Waals surface area contributed by atoms with Crippen molar-refractivity contribution in [3.05, 3.63) is 11.1 Å². The Hall–Kier alpha value is -1.32. The summed E-state index contributed by atoms with van der Waals surface area (Å²) >= 11 is 0. The van der Waals surface area contributed by atoms with Crippen LogP contribution in [0.3, 0.4) is 0 Å². The number of ether oxygens (including phenoxy) is 2. The van der Waals surface area contributed by atoms with E-state index in [1.807, 2.05) is 20.8 Å². The highest BCUT2D eigenvalue weighted by Crippen LogP contribution is 2.20. The van der Waals surface area contributed by atoms with Gasteiger partial charge in [0.15, 0.2) is 0 Å². The van der Waals surface area contributed by atoms with E-state index < -0.39 is 11.9 Å². The molecule has 0 aromatic heterocycles. The molecular weight excluding hydrogens is 232 g/mol. The number of carbonyl (C=O) groups excluding carboxylic acids is 2. The molecule has 0 unspecified atom stereocenters. The van der Waals surface area contributed by atoms with E-state index in [0.29, 0.717) is 18.8 Å². The second kappa shape index (κ2) is 8.72. The Kier molecular flexibility index (Phi) is 8.08. The summed E-state index contributed by atoms with van der Waals surface area (Å²) in [6, 6.07) is 0. The zero-order chi connectivity index (χ0) is 14.1. The summed E-state index contributed by atoms with van der Waals surface area (Å²) in [7, 11) is 0. The molecule has 0 aromatic carbocycles. The lowest BCUT2D eigenvalue weighted by Gasteiger charge is -2.14. The quantitative estimate of drug-likeness (QED) is 0.304. The molecule has 18 heavy (non-hydrogen) atoms. The summed E-state index contributed by atoms with van der Waals surface area (Å²) in [5.74, 6) is -0.777. The molecular formula is C14H24O4. The summed E-state index contributed by atoms with van der Waals surface area (Å²) in [5, 5.41) is 0. The van der Waals surface area contributed by atoms with E-state index in [1.54, 1.807) is 13.8 Å². The largest absolute Gasteiger partial charge is 0.462 e. The molecule has 104 valence electrons. The van der Waals surface area contributed by atoms with Gasteiger partial charge in [-0.1, -0.05) is 20.8 Å². The molecule has 0 aliphatic carbocycles. The van der Waals surface area contributed by atoms with Gasteiger partial charge in [0.2, 0.25) is 0 Å². The SMILES string of the molecule is CCOC(=O)C(C(=O)OCC)=C(CC)CC(C)C. The van der Waals surface area contributed by atoms with E-state index >= 15 is 0 Å². The summed E-state index contributed by atoms with van der Waals surface area (Å²) in [4.78, 5) is 23.7. The number of esters is 2. The van der Waals surface area contributed by atoms with Crippen LogP contribution in [0.4, 0.5) is 0 Å². The van der Waals surface area contributed by atoms with Crippen LogP contribution < -0.4 is 0 Å². The van der Waals surface area contributed by atoms with Crippen molar-refractivity contribution in [3.63, 3.8) is 0 Å². The third kappa shape index (κ3) is 5.34. The van der Waals surface area contributed by atoms with Crippen LogP contribution in [0.2, 0.25) is 0 Å². The Labute approximate surface area is 109 Å². The molecule has 0 radical (unpaired) electrons. The first-order valence-electron chi connectivity index (χ1n) is 6.54. The lowest BCUT2D eigenvalue weighted by molar-refractivity contribution is -0.146. The fourth-order valence-corrected chi connectivity index (χ4v) is 1.69. The van der Waals surface area contributed by atoms with Crippen LogP contribution in [0.25, 0.3) is 0 Å². The highest BCUT2D eigenvalue weighted by Gasteiger charge is 2.25. The molecule has 0 bridgehead atoms. The Morgan fingerprint density at radius 2 is 1.39 bits per heavy atom. The van der Waals surface area contributed by atoms with Crippen LogP contribution in [0.15, 0.2) is 11.1 Å². The third-order valence-corrected chi connectivity index (χ3v) is 2.39. The Morgan fingerprint density at radius 1 is 0.944 bits per heavy atom. The van der Waals surface area contributed by atoms with Gasteiger partial charge in [-0.05, 0) is 38.2 Å². The third-order valence-electron chi connectivity index (χ3n) is 2.39. The maximum Gasteiger partial charge on any atom is 0.345 e. The van der Waals surface area contributed by atoms with Crippen molar-refractivity contribution < 1.29 is 19.1 Å². The van der Waals surface area contributed by atoms with E-state index in [-0.39, 0.29) is 18.8 Å². The molecule has 0 spiro atoms. The van der Waals surface area contributed by atoms with Crippen molar-refractivity contribution in [2.24, 2.45) is 5.92 Å². The van der Waals surface area contributed by atoms with Gasteiger partial charge in [-0.2, -0.15) is 0 Å². The predicted octanol–water partition coefficient (Wildman–Crippen LogP) is 2.87. The zero-order valence-corrected chi connectivity index (χ0v) is 12.0. The van der Waals surface area contributed by atoms with Gasteiger partial charge in [0.05, 0.1) is 13.2 Å². The van der Waals surface area contributed by atoms with Gasteiger partial charge in [0.1, 0.15) is 5.57 Å². The summed E-state index contributed by atoms with van der Waals surface area (Å²) in [6.07, 6.45) is 1.34. The molecule has 0 aliphatic heterocycles. The smallest absolute Gasteiger partial charge is 0.345 e. The Bertz CT molecular complexity index is 296. The maximum atomic E-state index is 11.9. The monoisotopic (exact) mass is 256 g/mol. The molecule has 0 aromatic rings. The topological polar surface area (TPSA) is 52.6 Å². The molecule has 0 heterocycles. The summed E-state index contributed by atoms with van der Waals surface area (Å²) in [6.45, 7) is 9.95. The highest BCUT2D eigenvalue weighted by atomic mass is 16.6. The number of hydrogen-bond donors (Lipinski definition) is 0. The van der Waals surface area contributed by atoms with E-state index in [4.69, 9.17) is 9.47 Å². The first kappa shape index (κ1) is 16.7. The van der Waals surface area contributed by atoms with Crippen molar-refractivity contribution in [1.82, 2.24) is 0 Å². The maximum absolute atomic E-state index is 11.9. The number of hydrogen-bond acceptors (Lipinski definition) is 4. The van der Waals surface area contributed by atoms with Gasteiger partial charge in [-0.3, -0.25) is 0 Å². The van der Waals surface area contributed by atoms with Crippen molar-refractivity contribution in [2.45, 2.75) is 47.5 Å². The average molecular weight is 256 g/mol. The molecule has 0 N–H and O–H groups in total. The fraction of sp³-hybridized carbons (Fsp3) is 0.714. The second-order valence-electron chi connectivity index (χ2n) is 4.37. The minimum absolute atomic E-state index is 0.0786. The van der Waals surface area contributed by atoms with Crippen LogP contribution >= 0.6 is 0 Å². The molecule has 0 saturated heterocycles. The standard InChI is InChI=1S/C14H24O4/c1-6-11(9-10(4)5)12(13(15)17-7-2)14(16)18-8-3/h10H,6-9H2,1-5H3. The molecule has 0 aliphatic rings. The van der Waals surface area contributed by atoms with E-state index in [1.165, 1.54) is 0 Å². The second-order valence-corrected chi connectivity index (χ2v) is 4.37. The molecule has 4 nitrogen and oxygen atoms in total. The van der Waals surface area contributed by atoms with E-state index in [0.717, 1.165) is 5.57 Å². The van der Waals surface area contributed by atoms with E-state index in [2.05, 4.69) is 0 Å². The van der Waals surface area contributed by atoms with Gasteiger partial charge >= 0.3 is 11.9 Å². The van der Waals surface area contributed by atoms with Crippen molar-refractivity contribution in [3.8, 4) is 0 Å². The van der Waals surface area contributed by atoms with Crippen LogP contribution in [0, 0.1) is 5.92 Å². The van der Waals surface area contributed by atoms with Crippen molar-refractivity contribution in [1.29, 1.82) is 0 Å². The first-order chi connectivity index (χ1) is 8.47. The van der Waals surface area contributed by atoms with Crippen LogP contribution in [-0.4, -0.2) is 25.2 Å². The van der Waals surface area contributed by atoms with E-state index in [9.17, 15) is 9.59 Å². The highest BCUT2D eigenvalue weighted by molar-refractivity contribution is 6.14. The molecule has 0 atom stereocenters. The molecule has 4 heteroatoms. The first-order valence-corrected chi connectivity index (χ1v) is 6.54. The predicted molar refractivity (Wildman–Crippen MR) is 70.0 cm³/mol. The molecule has 0 rings (SSSR count). The minimum Gasteiger partial charge on any atom is -0.462 e. The number of carbonyl (C=O) groups is 2. The average Bonchev–Trinajstić information content (AvgIpc) is 2.28. The number of rotatable bonds is 7. The summed E-state index contributed by atoms with van der Waals surface area (Å²) in [5.41, 5.74) is 0.886. The molecule has 0 amide bonds. The van der Waals surface area contributed by atoms with Crippen molar-refractivity contribution >= 4 is 11.9 Å². The minimum atomic E-state index is -0.576. The van der Waals surface area contributed by atoms with Gasteiger partial charge in [-0.25, -0.2) is 9.59 Å². The van der Waals surface area contributed by atoms with Crippen molar-refractivity contribution in [2.75, 3.05) is 13.2 Å². The summed E-state index contributed by atoms with van der Waals surface area (Å²) < 4.78 is 9.88. The lowest BCUT2D eigenvalue weighted by atomic mass is 9.96. The Morgan fingerprint density at radius 3 is 1.67 bits per heavy atom. The van der Waals surface area contributed by atoms with Gasteiger partial charge in [0, 0.05) is 0 Å². The zero-order valence-electron chi connectivity index (χ0n) is 12.0. The van der Waals surface area contributed by atoms with Crippen LogP contribution in [0.5, 0.6) is 0 Å². The number of allylic oxidation sites excluding steroid dienone is 1. The van der Waals surface area contributed by atoms with Crippen LogP contribution in [0.1, 0.15) is 47.5 Å². The van der Waals surface area contributed by atoms with Gasteiger partial charge < -0.3 is 9.47 Å². The molecule has 0 fully saturated rings. The lowest BCUT2D eigenvalue weighted by Crippen LogP contribution is -2.21. The Balaban J connectivity index is 5.31. The fourth-order valence-electron chi connectivity index (χ4n) is 1.69. The van der Waals surface area contributed by atoms with Crippen LogP contribution in [-0.2, 0) is 19.1 Å². The normalized spacial score (nSPS) is 10.1. The van der Waals surface area contributed by atoms with Gasteiger partial charge in [0.25, 0.3) is 0 Å². The molecule has 0 saturated carbocycles.